The van der Waals surface area contributed by atoms with Crippen LogP contribution in [0.5, 0.6) is 5.75 Å². The van der Waals surface area contributed by atoms with Gasteiger partial charge in [-0.15, -0.1) is 24.0 Å². The molecule has 0 spiro atoms. The molecule has 3 N–H and O–H groups in total. The van der Waals surface area contributed by atoms with Gasteiger partial charge in [-0.3, -0.25) is 4.68 Å². The van der Waals surface area contributed by atoms with Crippen molar-refractivity contribution in [2.45, 2.75) is 26.1 Å². The molecule has 0 bridgehead atoms. The third-order valence-corrected chi connectivity index (χ3v) is 4.52. The third-order valence-electron chi connectivity index (χ3n) is 4.52. The van der Waals surface area contributed by atoms with Crippen molar-refractivity contribution in [3.05, 3.63) is 83.9 Å². The number of aliphatic hydroxyl groups is 1. The van der Waals surface area contributed by atoms with Crippen molar-refractivity contribution >= 4 is 29.9 Å². The summed E-state index contributed by atoms with van der Waals surface area (Å²) in [5, 5.41) is 20.8. The van der Waals surface area contributed by atoms with Crippen molar-refractivity contribution in [3.63, 3.8) is 0 Å². The van der Waals surface area contributed by atoms with Gasteiger partial charge in [-0.05, 0) is 48.4 Å². The molecule has 1 aromatic heterocycles. The van der Waals surface area contributed by atoms with Gasteiger partial charge in [0.1, 0.15) is 24.3 Å². The van der Waals surface area contributed by atoms with Crippen LogP contribution >= 0.6 is 24.0 Å². The third kappa shape index (κ3) is 8.46. The van der Waals surface area contributed by atoms with E-state index in [1.165, 1.54) is 24.3 Å². The smallest absolute Gasteiger partial charge is 0.191 e. The molecule has 32 heavy (non-hydrogen) atoms. The Morgan fingerprint density at radius 2 is 1.88 bits per heavy atom. The number of nitrogens with one attached hydrogen (secondary N) is 2. The van der Waals surface area contributed by atoms with Gasteiger partial charge >= 0.3 is 0 Å². The Hall–Kier alpha value is -2.66. The van der Waals surface area contributed by atoms with Crippen molar-refractivity contribution in [2.24, 2.45) is 4.99 Å². The summed E-state index contributed by atoms with van der Waals surface area (Å²) in [7, 11) is 0. The number of ether oxygens (including phenoxy) is 1. The average molecular weight is 553 g/mol. The van der Waals surface area contributed by atoms with E-state index in [-0.39, 0.29) is 42.9 Å². The first-order valence-electron chi connectivity index (χ1n) is 10.3. The van der Waals surface area contributed by atoms with E-state index in [1.54, 1.807) is 6.20 Å². The van der Waals surface area contributed by atoms with Crippen LogP contribution in [-0.4, -0.2) is 46.6 Å². The van der Waals surface area contributed by atoms with Gasteiger partial charge in [0.2, 0.25) is 0 Å². The van der Waals surface area contributed by atoms with Crippen molar-refractivity contribution in [3.8, 4) is 5.75 Å². The van der Waals surface area contributed by atoms with Gasteiger partial charge in [0.15, 0.2) is 5.96 Å². The van der Waals surface area contributed by atoms with E-state index in [0.29, 0.717) is 31.3 Å². The highest BCUT2D eigenvalue weighted by Gasteiger charge is 2.08. The predicted molar refractivity (Wildman–Crippen MR) is 134 cm³/mol. The Bertz CT molecular complexity index is 951. The van der Waals surface area contributed by atoms with Gasteiger partial charge < -0.3 is 20.5 Å². The number of hydrogen-bond donors (Lipinski definition) is 3. The quantitative estimate of drug-likeness (QED) is 0.204. The van der Waals surface area contributed by atoms with Crippen LogP contribution in [0.4, 0.5) is 4.39 Å². The van der Waals surface area contributed by atoms with Crippen LogP contribution in [0.3, 0.4) is 0 Å². The number of benzene rings is 2. The Morgan fingerprint density at radius 1 is 1.12 bits per heavy atom. The zero-order chi connectivity index (χ0) is 21.9. The summed E-state index contributed by atoms with van der Waals surface area (Å²) in [6, 6.07) is 15.7. The molecular weight excluding hydrogens is 524 g/mol. The van der Waals surface area contributed by atoms with Gasteiger partial charge in [-0.1, -0.05) is 24.3 Å². The van der Waals surface area contributed by atoms with E-state index in [2.05, 4.69) is 32.9 Å². The first-order chi connectivity index (χ1) is 15.1. The molecule has 3 rings (SSSR count). The molecule has 0 fully saturated rings. The molecule has 1 heterocycles. The highest BCUT2D eigenvalue weighted by Crippen LogP contribution is 2.12. The zero-order valence-electron chi connectivity index (χ0n) is 17.9. The second kappa shape index (κ2) is 13.7. The lowest BCUT2D eigenvalue weighted by atomic mass is 10.1. The lowest BCUT2D eigenvalue weighted by molar-refractivity contribution is 0.110. The summed E-state index contributed by atoms with van der Waals surface area (Å²) in [6.45, 7) is 4.21. The fourth-order valence-corrected chi connectivity index (χ4v) is 2.94. The normalized spacial score (nSPS) is 12.0. The minimum atomic E-state index is -0.749. The van der Waals surface area contributed by atoms with Crippen LogP contribution in [0.15, 0.2) is 72.0 Å². The molecule has 1 atom stereocenters. The number of nitrogens with zero attached hydrogens (tertiary/aromatic N) is 3. The first-order valence-corrected chi connectivity index (χ1v) is 10.3. The van der Waals surface area contributed by atoms with E-state index < -0.39 is 6.10 Å². The number of halogens is 2. The lowest BCUT2D eigenvalue weighted by Crippen LogP contribution is -2.42. The average Bonchev–Trinajstić information content (AvgIpc) is 3.29. The second-order valence-corrected chi connectivity index (χ2v) is 6.97. The van der Waals surface area contributed by atoms with Gasteiger partial charge in [0.25, 0.3) is 0 Å². The van der Waals surface area contributed by atoms with E-state index in [4.69, 9.17) is 4.74 Å². The number of aliphatic imine (C=N–C) groups is 1. The summed E-state index contributed by atoms with van der Waals surface area (Å²) in [5.74, 6) is 0.791. The van der Waals surface area contributed by atoms with Crippen LogP contribution in [0.1, 0.15) is 18.1 Å². The number of aromatic nitrogens is 2. The van der Waals surface area contributed by atoms with E-state index in [1.807, 2.05) is 36.0 Å². The number of hydrogen-bond acceptors (Lipinski definition) is 4. The van der Waals surface area contributed by atoms with Gasteiger partial charge in [0, 0.05) is 25.5 Å². The van der Waals surface area contributed by atoms with Crippen LogP contribution in [0.25, 0.3) is 0 Å². The maximum absolute atomic E-state index is 12.9. The Balaban J connectivity index is 0.00000363. The van der Waals surface area contributed by atoms with Crippen LogP contribution < -0.4 is 15.4 Å². The topological polar surface area (TPSA) is 83.7 Å². The molecule has 0 saturated heterocycles. The SMILES string of the molecule is CCNC(=NCc1ccccc1Cn1cccn1)NCC(O)COc1ccc(F)cc1.I. The van der Waals surface area contributed by atoms with E-state index in [9.17, 15) is 9.50 Å². The molecule has 0 aliphatic heterocycles. The fourth-order valence-electron chi connectivity index (χ4n) is 2.94. The second-order valence-electron chi connectivity index (χ2n) is 6.97. The maximum Gasteiger partial charge on any atom is 0.191 e. The number of rotatable bonds is 10. The number of guanidine groups is 1. The standard InChI is InChI=1S/C23H28FN5O2.HI/c1-2-25-23(27-15-21(30)17-31-22-10-8-20(24)9-11-22)26-14-18-6-3-4-7-19(18)16-29-13-5-12-28-29;/h3-13,21,30H,2,14-17H2,1H3,(H2,25,26,27);1H. The van der Waals surface area contributed by atoms with Gasteiger partial charge in [-0.25, -0.2) is 9.38 Å². The lowest BCUT2D eigenvalue weighted by Gasteiger charge is -2.16. The van der Waals surface area contributed by atoms with Crippen molar-refractivity contribution in [2.75, 3.05) is 19.7 Å². The summed E-state index contributed by atoms with van der Waals surface area (Å²) in [4.78, 5) is 4.64. The summed E-state index contributed by atoms with van der Waals surface area (Å²) < 4.78 is 20.3. The van der Waals surface area contributed by atoms with Gasteiger partial charge in [0.05, 0.1) is 13.1 Å². The summed E-state index contributed by atoms with van der Waals surface area (Å²) in [5.41, 5.74) is 2.26. The van der Waals surface area contributed by atoms with E-state index >= 15 is 0 Å². The molecule has 0 aliphatic carbocycles. The number of aliphatic hydroxyl groups excluding tert-OH is 1. The van der Waals surface area contributed by atoms with Crippen LogP contribution in [0.2, 0.25) is 0 Å². The van der Waals surface area contributed by atoms with Crippen LogP contribution in [0, 0.1) is 5.82 Å². The Kier molecular flexibility index (Phi) is 10.9. The first kappa shape index (κ1) is 25.6. The molecular formula is C23H29FIN5O2. The molecule has 0 amide bonds. The maximum atomic E-state index is 12.9. The molecule has 0 radical (unpaired) electrons. The van der Waals surface area contributed by atoms with Crippen LogP contribution in [-0.2, 0) is 13.1 Å². The van der Waals surface area contributed by atoms with Crippen molar-refractivity contribution in [1.82, 2.24) is 20.4 Å². The highest BCUT2D eigenvalue weighted by atomic mass is 127. The molecule has 0 aliphatic rings. The summed E-state index contributed by atoms with van der Waals surface area (Å²) in [6.07, 6.45) is 2.95. The van der Waals surface area contributed by atoms with Gasteiger partial charge in [-0.2, -0.15) is 5.10 Å². The molecule has 1 unspecified atom stereocenters. The van der Waals surface area contributed by atoms with E-state index in [0.717, 1.165) is 11.1 Å². The Morgan fingerprint density at radius 3 is 2.56 bits per heavy atom. The molecule has 3 aromatic rings. The molecule has 2 aromatic carbocycles. The minimum absolute atomic E-state index is 0. The molecule has 0 saturated carbocycles. The van der Waals surface area contributed by atoms with Crippen molar-refractivity contribution < 1.29 is 14.2 Å². The molecule has 7 nitrogen and oxygen atoms in total. The summed E-state index contributed by atoms with van der Waals surface area (Å²) >= 11 is 0. The predicted octanol–water partition coefficient (Wildman–Crippen LogP) is 3.18. The Labute approximate surface area is 204 Å². The zero-order valence-corrected chi connectivity index (χ0v) is 20.3. The monoisotopic (exact) mass is 553 g/mol. The fraction of sp³-hybridized carbons (Fsp3) is 0.304. The highest BCUT2D eigenvalue weighted by molar-refractivity contribution is 14.0. The molecule has 172 valence electrons. The largest absolute Gasteiger partial charge is 0.491 e. The molecule has 9 heteroatoms. The minimum Gasteiger partial charge on any atom is -0.491 e. The van der Waals surface area contributed by atoms with Crippen molar-refractivity contribution in [1.29, 1.82) is 0 Å².